The number of anilines is 1. The number of rotatable bonds is 7. The van der Waals surface area contributed by atoms with Crippen LogP contribution >= 0.6 is 0 Å². The number of aryl methyl sites for hydroxylation is 1. The molecular weight excluding hydrogens is 460 g/mol. The summed E-state index contributed by atoms with van der Waals surface area (Å²) in [5.41, 5.74) is 0.843. The van der Waals surface area contributed by atoms with Gasteiger partial charge in [0.15, 0.2) is 0 Å². The zero-order valence-corrected chi connectivity index (χ0v) is 20.1. The fraction of sp³-hybridized carbons (Fsp3) is 0.333. The van der Waals surface area contributed by atoms with Crippen LogP contribution in [0.4, 0.5) is 5.69 Å². The third-order valence-electron chi connectivity index (χ3n) is 6.68. The number of nitrogens with zero attached hydrogens (tertiary/aromatic N) is 2. The van der Waals surface area contributed by atoms with Crippen molar-refractivity contribution < 1.29 is 14.0 Å². The van der Waals surface area contributed by atoms with E-state index < -0.39 is 29.6 Å². The van der Waals surface area contributed by atoms with Gasteiger partial charge in [-0.05, 0) is 49.1 Å². The molecule has 0 spiro atoms. The molecule has 0 saturated heterocycles. The van der Waals surface area contributed by atoms with Gasteiger partial charge in [0, 0.05) is 17.1 Å². The van der Waals surface area contributed by atoms with Crippen LogP contribution in [0.25, 0.3) is 22.1 Å². The van der Waals surface area contributed by atoms with Gasteiger partial charge in [-0.25, -0.2) is 9.36 Å². The Morgan fingerprint density at radius 3 is 2.50 bits per heavy atom. The van der Waals surface area contributed by atoms with Gasteiger partial charge in [0.25, 0.3) is 5.56 Å². The minimum absolute atomic E-state index is 0.0509. The van der Waals surface area contributed by atoms with Gasteiger partial charge in [0.2, 0.25) is 17.4 Å². The predicted octanol–water partition coefficient (Wildman–Crippen LogP) is 3.17. The number of fused-ring (bicyclic) bond motifs is 3. The Labute approximate surface area is 206 Å². The van der Waals surface area contributed by atoms with Gasteiger partial charge in [-0.3, -0.25) is 19.0 Å². The summed E-state index contributed by atoms with van der Waals surface area (Å²) >= 11 is 0. The number of furan rings is 1. The van der Waals surface area contributed by atoms with Crippen LogP contribution in [0.2, 0.25) is 0 Å². The highest BCUT2D eigenvalue weighted by Gasteiger charge is 2.24. The number of amides is 2. The first-order valence-electron chi connectivity index (χ1n) is 12.3. The van der Waals surface area contributed by atoms with Crippen molar-refractivity contribution in [2.24, 2.45) is 0 Å². The first-order chi connectivity index (χ1) is 17.4. The van der Waals surface area contributed by atoms with Crippen LogP contribution in [-0.2, 0) is 29.1 Å². The van der Waals surface area contributed by atoms with E-state index in [1.54, 1.807) is 30.3 Å². The second-order valence-electron chi connectivity index (χ2n) is 9.19. The van der Waals surface area contributed by atoms with Crippen LogP contribution in [0.3, 0.4) is 0 Å². The SMILES string of the molecule is CCc1cccc(NC(=O)Cn2c(=O)n(CC(=O)NC3CCCC3)c(=O)c3oc4ccccc4c32)c1. The molecule has 0 bridgehead atoms. The van der Waals surface area contributed by atoms with Gasteiger partial charge < -0.3 is 15.1 Å². The van der Waals surface area contributed by atoms with Crippen molar-refractivity contribution in [1.82, 2.24) is 14.5 Å². The number of benzene rings is 2. The lowest BCUT2D eigenvalue weighted by Gasteiger charge is -2.14. The van der Waals surface area contributed by atoms with E-state index in [9.17, 15) is 19.2 Å². The molecule has 2 N–H and O–H groups in total. The van der Waals surface area contributed by atoms with Crippen LogP contribution in [-0.4, -0.2) is 27.0 Å². The average Bonchev–Trinajstić information content (AvgIpc) is 3.52. The van der Waals surface area contributed by atoms with Crippen molar-refractivity contribution in [3.63, 3.8) is 0 Å². The Balaban J connectivity index is 1.54. The average molecular weight is 489 g/mol. The van der Waals surface area contributed by atoms with E-state index in [0.717, 1.165) is 42.2 Å². The van der Waals surface area contributed by atoms with Crippen molar-refractivity contribution in [3.05, 3.63) is 74.9 Å². The maximum Gasteiger partial charge on any atom is 0.332 e. The molecule has 2 aromatic carbocycles. The summed E-state index contributed by atoms with van der Waals surface area (Å²) in [6, 6.07) is 14.5. The van der Waals surface area contributed by atoms with E-state index in [2.05, 4.69) is 10.6 Å². The first-order valence-corrected chi connectivity index (χ1v) is 12.3. The molecule has 1 saturated carbocycles. The van der Waals surface area contributed by atoms with E-state index >= 15 is 0 Å². The Kier molecular flexibility index (Phi) is 6.45. The van der Waals surface area contributed by atoms with Crippen molar-refractivity contribution in [1.29, 1.82) is 0 Å². The predicted molar refractivity (Wildman–Crippen MR) is 137 cm³/mol. The monoisotopic (exact) mass is 488 g/mol. The zero-order chi connectivity index (χ0) is 25.2. The van der Waals surface area contributed by atoms with Crippen molar-refractivity contribution in [3.8, 4) is 0 Å². The molecule has 0 atom stereocenters. The lowest BCUT2D eigenvalue weighted by atomic mass is 10.1. The molecule has 1 aliphatic rings. The molecule has 2 aromatic heterocycles. The smallest absolute Gasteiger partial charge is 0.332 e. The van der Waals surface area contributed by atoms with Crippen LogP contribution < -0.4 is 21.9 Å². The summed E-state index contributed by atoms with van der Waals surface area (Å²) in [5, 5.41) is 6.27. The van der Waals surface area contributed by atoms with Gasteiger partial charge in [0.05, 0.1) is 0 Å². The number of carbonyl (C=O) groups is 2. The Morgan fingerprint density at radius 2 is 1.72 bits per heavy atom. The molecule has 2 heterocycles. The number of aromatic nitrogens is 2. The molecule has 186 valence electrons. The summed E-state index contributed by atoms with van der Waals surface area (Å²) in [6.45, 7) is 1.23. The lowest BCUT2D eigenvalue weighted by Crippen LogP contribution is -2.46. The number of hydrogen-bond acceptors (Lipinski definition) is 5. The maximum atomic E-state index is 13.5. The van der Waals surface area contributed by atoms with E-state index in [-0.39, 0.29) is 23.7 Å². The van der Waals surface area contributed by atoms with Crippen LogP contribution in [0, 0.1) is 0 Å². The van der Waals surface area contributed by atoms with Crippen LogP contribution in [0.15, 0.2) is 62.5 Å². The van der Waals surface area contributed by atoms with Gasteiger partial charge in [-0.2, -0.15) is 0 Å². The van der Waals surface area contributed by atoms with Gasteiger partial charge >= 0.3 is 5.69 Å². The summed E-state index contributed by atoms with van der Waals surface area (Å²) in [6.07, 6.45) is 4.66. The lowest BCUT2D eigenvalue weighted by molar-refractivity contribution is -0.122. The fourth-order valence-corrected chi connectivity index (χ4v) is 4.88. The fourth-order valence-electron chi connectivity index (χ4n) is 4.88. The Morgan fingerprint density at radius 1 is 0.972 bits per heavy atom. The third kappa shape index (κ3) is 4.56. The topological polar surface area (TPSA) is 115 Å². The highest BCUT2D eigenvalue weighted by Crippen LogP contribution is 2.25. The molecule has 1 fully saturated rings. The van der Waals surface area contributed by atoms with Crippen molar-refractivity contribution in [2.75, 3.05) is 5.32 Å². The largest absolute Gasteiger partial charge is 0.449 e. The standard InChI is InChI=1S/C27H28N4O5/c1-2-17-8-7-11-19(14-17)29-22(32)15-30-24-20-12-5-6-13-21(20)36-25(24)26(34)31(27(30)35)16-23(33)28-18-9-3-4-10-18/h5-8,11-14,18H,2-4,9-10,15-16H2,1H3,(H,28,33)(H,29,32). The summed E-state index contributed by atoms with van der Waals surface area (Å²) in [5.74, 6) is -0.846. The van der Waals surface area contributed by atoms with Gasteiger partial charge in [0.1, 0.15) is 24.2 Å². The molecule has 0 radical (unpaired) electrons. The Bertz CT molecular complexity index is 1570. The molecule has 1 aliphatic carbocycles. The van der Waals surface area contributed by atoms with E-state index in [4.69, 9.17) is 4.42 Å². The minimum atomic E-state index is -0.738. The number of para-hydroxylation sites is 1. The van der Waals surface area contributed by atoms with Crippen LogP contribution in [0.1, 0.15) is 38.2 Å². The summed E-state index contributed by atoms with van der Waals surface area (Å²) in [4.78, 5) is 52.5. The Hall–Kier alpha value is -4.14. The maximum absolute atomic E-state index is 13.5. The molecule has 4 aromatic rings. The third-order valence-corrected chi connectivity index (χ3v) is 6.68. The number of nitrogens with one attached hydrogen (secondary N) is 2. The molecule has 0 unspecified atom stereocenters. The minimum Gasteiger partial charge on any atom is -0.449 e. The first kappa shape index (κ1) is 23.6. The molecule has 36 heavy (non-hydrogen) atoms. The molecule has 0 aliphatic heterocycles. The van der Waals surface area contributed by atoms with E-state index in [1.807, 2.05) is 25.1 Å². The second-order valence-corrected chi connectivity index (χ2v) is 9.19. The van der Waals surface area contributed by atoms with Gasteiger partial charge in [-0.15, -0.1) is 0 Å². The quantitative estimate of drug-likeness (QED) is 0.415. The molecule has 5 rings (SSSR count). The van der Waals surface area contributed by atoms with E-state index in [1.165, 1.54) is 4.57 Å². The molecule has 9 nitrogen and oxygen atoms in total. The zero-order valence-electron chi connectivity index (χ0n) is 20.1. The van der Waals surface area contributed by atoms with E-state index in [0.29, 0.717) is 16.7 Å². The molecular formula is C27H28N4O5. The number of hydrogen-bond donors (Lipinski definition) is 2. The highest BCUT2D eigenvalue weighted by molar-refractivity contribution is 6.03. The normalized spacial score (nSPS) is 13.9. The molecule has 9 heteroatoms. The van der Waals surface area contributed by atoms with Crippen molar-refractivity contribution in [2.45, 2.75) is 58.2 Å². The second kappa shape index (κ2) is 9.85. The van der Waals surface area contributed by atoms with Gasteiger partial charge in [-0.1, -0.05) is 44.0 Å². The van der Waals surface area contributed by atoms with Crippen LogP contribution in [0.5, 0.6) is 0 Å². The highest BCUT2D eigenvalue weighted by atomic mass is 16.3. The summed E-state index contributed by atoms with van der Waals surface area (Å²) in [7, 11) is 0. The van der Waals surface area contributed by atoms with Crippen molar-refractivity contribution >= 4 is 39.6 Å². The summed E-state index contributed by atoms with van der Waals surface area (Å²) < 4.78 is 7.87. The molecule has 2 amide bonds. The number of carbonyl (C=O) groups excluding carboxylic acids is 2.